The number of likely N-dealkylation sites (tertiary alicyclic amines) is 1. The van der Waals surface area contributed by atoms with Crippen LogP contribution in [0.25, 0.3) is 0 Å². The number of hydrogen-bond donors (Lipinski definition) is 2. The van der Waals surface area contributed by atoms with Crippen molar-refractivity contribution in [1.29, 1.82) is 0 Å². The van der Waals surface area contributed by atoms with E-state index in [0.29, 0.717) is 24.9 Å². The van der Waals surface area contributed by atoms with Gasteiger partial charge in [0, 0.05) is 18.5 Å². The molecular formula is C15H19NO4. The van der Waals surface area contributed by atoms with Crippen molar-refractivity contribution in [2.24, 2.45) is 0 Å². The van der Waals surface area contributed by atoms with Crippen molar-refractivity contribution in [3.8, 4) is 11.5 Å². The van der Waals surface area contributed by atoms with Gasteiger partial charge in [-0.2, -0.15) is 0 Å². The third kappa shape index (κ3) is 2.76. The molecule has 0 radical (unpaired) electrons. The lowest BCUT2D eigenvalue weighted by atomic mass is 9.98. The normalized spacial score (nSPS) is 16.4. The van der Waals surface area contributed by atoms with Crippen LogP contribution < -0.4 is 0 Å². The molecule has 0 saturated carbocycles. The van der Waals surface area contributed by atoms with Crippen molar-refractivity contribution in [3.05, 3.63) is 23.8 Å². The van der Waals surface area contributed by atoms with Gasteiger partial charge in [-0.3, -0.25) is 9.59 Å². The molecule has 1 unspecified atom stereocenters. The minimum absolute atomic E-state index is 0.0137. The minimum atomic E-state index is -0.473. The molecule has 0 aromatic heterocycles. The zero-order chi connectivity index (χ0) is 14.7. The highest BCUT2D eigenvalue weighted by atomic mass is 16.3. The SMILES string of the molecule is CCCC(C(=O)c1ccc(O)c(O)c1)N1CCCC1=O. The first kappa shape index (κ1) is 14.4. The summed E-state index contributed by atoms with van der Waals surface area (Å²) in [5.74, 6) is -0.748. The van der Waals surface area contributed by atoms with Gasteiger partial charge in [0.1, 0.15) is 0 Å². The molecule has 1 aromatic rings. The molecule has 1 atom stereocenters. The number of phenolic OH excluding ortho intramolecular Hbond substituents is 2. The van der Waals surface area contributed by atoms with E-state index in [0.717, 1.165) is 12.8 Å². The van der Waals surface area contributed by atoms with Gasteiger partial charge in [-0.15, -0.1) is 0 Å². The molecule has 2 rings (SSSR count). The van der Waals surface area contributed by atoms with E-state index in [2.05, 4.69) is 0 Å². The van der Waals surface area contributed by atoms with E-state index in [1.165, 1.54) is 18.2 Å². The summed E-state index contributed by atoms with van der Waals surface area (Å²) < 4.78 is 0. The summed E-state index contributed by atoms with van der Waals surface area (Å²) in [6, 6.07) is 3.54. The number of Topliss-reactive ketones (excluding diaryl/α,β-unsaturated/α-hetero) is 1. The molecule has 0 aliphatic carbocycles. The van der Waals surface area contributed by atoms with E-state index in [4.69, 9.17) is 0 Å². The van der Waals surface area contributed by atoms with Crippen LogP contribution in [0.4, 0.5) is 0 Å². The molecule has 1 aromatic carbocycles. The predicted octanol–water partition coefficient (Wildman–Crippen LogP) is 2.07. The molecule has 0 spiro atoms. The van der Waals surface area contributed by atoms with Crippen molar-refractivity contribution in [2.75, 3.05) is 6.54 Å². The highest BCUT2D eigenvalue weighted by Crippen LogP contribution is 2.27. The van der Waals surface area contributed by atoms with Gasteiger partial charge in [0.25, 0.3) is 0 Å². The molecule has 5 nitrogen and oxygen atoms in total. The standard InChI is InChI=1S/C15H19NO4/c1-2-4-11(16-8-3-5-14(16)19)15(20)10-6-7-12(17)13(18)9-10/h6-7,9,11,17-18H,2-5,8H2,1H3. The molecular weight excluding hydrogens is 258 g/mol. The van der Waals surface area contributed by atoms with Gasteiger partial charge in [0.2, 0.25) is 5.91 Å². The lowest BCUT2D eigenvalue weighted by Gasteiger charge is -2.26. The fraction of sp³-hybridized carbons (Fsp3) is 0.467. The largest absolute Gasteiger partial charge is 0.504 e. The first-order valence-electron chi connectivity index (χ1n) is 6.90. The maximum atomic E-state index is 12.5. The molecule has 5 heteroatoms. The van der Waals surface area contributed by atoms with Crippen LogP contribution in [0, 0.1) is 0 Å². The number of phenols is 2. The van der Waals surface area contributed by atoms with Crippen LogP contribution in [-0.4, -0.2) is 39.4 Å². The fourth-order valence-corrected chi connectivity index (χ4v) is 2.57. The fourth-order valence-electron chi connectivity index (χ4n) is 2.57. The van der Waals surface area contributed by atoms with Gasteiger partial charge in [0.05, 0.1) is 6.04 Å². The van der Waals surface area contributed by atoms with Crippen LogP contribution >= 0.6 is 0 Å². The van der Waals surface area contributed by atoms with Gasteiger partial charge in [0.15, 0.2) is 17.3 Å². The average molecular weight is 277 g/mol. The Hall–Kier alpha value is -2.04. The Kier molecular flexibility index (Phi) is 4.27. The van der Waals surface area contributed by atoms with Gasteiger partial charge in [-0.05, 0) is 31.0 Å². The summed E-state index contributed by atoms with van der Waals surface area (Å²) in [5, 5.41) is 18.8. The molecule has 1 saturated heterocycles. The number of carbonyl (C=O) groups excluding carboxylic acids is 2. The van der Waals surface area contributed by atoms with Crippen molar-refractivity contribution in [1.82, 2.24) is 4.90 Å². The van der Waals surface area contributed by atoms with Crippen LogP contribution in [0.5, 0.6) is 11.5 Å². The van der Waals surface area contributed by atoms with Crippen LogP contribution in [0.3, 0.4) is 0 Å². The number of aromatic hydroxyl groups is 2. The molecule has 20 heavy (non-hydrogen) atoms. The summed E-state index contributed by atoms with van der Waals surface area (Å²) >= 11 is 0. The second-order valence-corrected chi connectivity index (χ2v) is 5.06. The van der Waals surface area contributed by atoms with Gasteiger partial charge in [-0.25, -0.2) is 0 Å². The van der Waals surface area contributed by atoms with E-state index in [1.54, 1.807) is 4.90 Å². The number of hydrogen-bond acceptors (Lipinski definition) is 4. The van der Waals surface area contributed by atoms with Crippen LogP contribution in [0.2, 0.25) is 0 Å². The summed E-state index contributed by atoms with van der Waals surface area (Å²) in [4.78, 5) is 26.0. The smallest absolute Gasteiger partial charge is 0.223 e. The average Bonchev–Trinajstić information content (AvgIpc) is 2.84. The summed E-state index contributed by atoms with van der Waals surface area (Å²) in [6.45, 7) is 2.58. The Morgan fingerprint density at radius 1 is 1.35 bits per heavy atom. The highest BCUT2D eigenvalue weighted by Gasteiger charge is 2.32. The lowest BCUT2D eigenvalue weighted by molar-refractivity contribution is -0.129. The Labute approximate surface area is 117 Å². The predicted molar refractivity (Wildman–Crippen MR) is 73.7 cm³/mol. The topological polar surface area (TPSA) is 77.8 Å². The zero-order valence-corrected chi connectivity index (χ0v) is 11.5. The van der Waals surface area contributed by atoms with Crippen molar-refractivity contribution in [2.45, 2.75) is 38.6 Å². The van der Waals surface area contributed by atoms with E-state index in [9.17, 15) is 19.8 Å². The molecule has 1 amide bonds. The van der Waals surface area contributed by atoms with E-state index >= 15 is 0 Å². The monoisotopic (exact) mass is 277 g/mol. The molecule has 2 N–H and O–H groups in total. The third-order valence-electron chi connectivity index (χ3n) is 3.61. The van der Waals surface area contributed by atoms with Gasteiger partial charge >= 0.3 is 0 Å². The van der Waals surface area contributed by atoms with Gasteiger partial charge in [-0.1, -0.05) is 13.3 Å². The van der Waals surface area contributed by atoms with Crippen molar-refractivity contribution < 1.29 is 19.8 Å². The van der Waals surface area contributed by atoms with Crippen LogP contribution in [-0.2, 0) is 4.79 Å². The first-order valence-corrected chi connectivity index (χ1v) is 6.90. The number of benzene rings is 1. The molecule has 1 fully saturated rings. The Bertz CT molecular complexity index is 527. The number of rotatable bonds is 5. The minimum Gasteiger partial charge on any atom is -0.504 e. The quantitative estimate of drug-likeness (QED) is 0.638. The number of nitrogens with zero attached hydrogens (tertiary/aromatic N) is 1. The van der Waals surface area contributed by atoms with Gasteiger partial charge < -0.3 is 15.1 Å². The maximum absolute atomic E-state index is 12.5. The number of carbonyl (C=O) groups is 2. The summed E-state index contributed by atoms with van der Waals surface area (Å²) in [5.41, 5.74) is 0.318. The maximum Gasteiger partial charge on any atom is 0.223 e. The van der Waals surface area contributed by atoms with E-state index in [1.807, 2.05) is 6.92 Å². The molecule has 0 bridgehead atoms. The second-order valence-electron chi connectivity index (χ2n) is 5.06. The Morgan fingerprint density at radius 2 is 2.10 bits per heavy atom. The third-order valence-corrected chi connectivity index (χ3v) is 3.61. The Morgan fingerprint density at radius 3 is 2.65 bits per heavy atom. The molecule has 1 aliphatic heterocycles. The second kappa shape index (κ2) is 5.94. The Balaban J connectivity index is 2.26. The molecule has 1 aliphatic rings. The molecule has 108 valence electrons. The molecule has 1 heterocycles. The summed E-state index contributed by atoms with van der Waals surface area (Å²) in [7, 11) is 0. The lowest BCUT2D eigenvalue weighted by Crippen LogP contribution is -2.41. The highest BCUT2D eigenvalue weighted by molar-refractivity contribution is 6.02. The van der Waals surface area contributed by atoms with Crippen molar-refractivity contribution in [3.63, 3.8) is 0 Å². The number of ketones is 1. The summed E-state index contributed by atoms with van der Waals surface area (Å²) in [6.07, 6.45) is 2.68. The van der Waals surface area contributed by atoms with E-state index in [-0.39, 0.29) is 23.2 Å². The van der Waals surface area contributed by atoms with Crippen LogP contribution in [0.1, 0.15) is 43.0 Å². The van der Waals surface area contributed by atoms with Crippen LogP contribution in [0.15, 0.2) is 18.2 Å². The zero-order valence-electron chi connectivity index (χ0n) is 11.5. The van der Waals surface area contributed by atoms with E-state index < -0.39 is 6.04 Å². The number of amides is 1. The van der Waals surface area contributed by atoms with Crippen molar-refractivity contribution >= 4 is 11.7 Å². The first-order chi connectivity index (χ1) is 9.54.